The molecular weight excluding hydrogens is 435 g/mol. The molecule has 1 unspecified atom stereocenters. The molecule has 8 heteroatoms. The number of halogens is 2. The van der Waals surface area contributed by atoms with Crippen LogP contribution >= 0.6 is 23.4 Å². The second-order valence-corrected chi connectivity index (χ2v) is 9.39. The van der Waals surface area contributed by atoms with E-state index in [9.17, 15) is 9.18 Å². The molecule has 2 heterocycles. The highest BCUT2D eigenvalue weighted by Crippen LogP contribution is 2.49. The average Bonchev–Trinajstić information content (AvgIpc) is 3.51. The molecule has 31 heavy (non-hydrogen) atoms. The van der Waals surface area contributed by atoms with Gasteiger partial charge in [-0.3, -0.25) is 4.79 Å². The number of rotatable bonds is 7. The number of alkyl halides is 1. The Morgan fingerprint density at radius 1 is 1.29 bits per heavy atom. The number of carbonyl (C=O) groups is 1. The van der Waals surface area contributed by atoms with Crippen LogP contribution in [0.25, 0.3) is 11.3 Å². The number of nitrogens with zero attached hydrogens (tertiary/aromatic N) is 4. The van der Waals surface area contributed by atoms with Crippen molar-refractivity contribution in [1.29, 1.82) is 0 Å². The van der Waals surface area contributed by atoms with Gasteiger partial charge in [-0.25, -0.2) is 14.4 Å². The second-order valence-electron chi connectivity index (χ2n) is 7.95. The van der Waals surface area contributed by atoms with E-state index in [2.05, 4.69) is 22.1 Å². The van der Waals surface area contributed by atoms with Crippen molar-refractivity contribution in [2.24, 2.45) is 13.0 Å². The Morgan fingerprint density at radius 2 is 2.03 bits per heavy atom. The molecule has 1 aliphatic rings. The molecule has 0 aliphatic heterocycles. The summed E-state index contributed by atoms with van der Waals surface area (Å²) in [7, 11) is 3.64. The molecule has 0 spiro atoms. The molecule has 4 rings (SSSR count). The van der Waals surface area contributed by atoms with Crippen LogP contribution in [0.1, 0.15) is 24.8 Å². The fourth-order valence-corrected chi connectivity index (χ4v) is 4.58. The van der Waals surface area contributed by atoms with Crippen molar-refractivity contribution in [3.63, 3.8) is 0 Å². The van der Waals surface area contributed by atoms with Gasteiger partial charge in [0.1, 0.15) is 22.4 Å². The third-order valence-corrected chi connectivity index (χ3v) is 7.09. The molecule has 3 aromatic rings. The number of amides is 1. The predicted octanol–water partition coefficient (Wildman–Crippen LogP) is 5.21. The summed E-state index contributed by atoms with van der Waals surface area (Å²) in [6, 6.07) is 11.5. The van der Waals surface area contributed by atoms with E-state index in [1.54, 1.807) is 26.5 Å². The Morgan fingerprint density at radius 3 is 2.68 bits per heavy atom. The van der Waals surface area contributed by atoms with Gasteiger partial charge in [0.05, 0.1) is 17.4 Å². The van der Waals surface area contributed by atoms with Crippen molar-refractivity contribution < 1.29 is 9.18 Å². The molecular formula is C23H24ClFN4OS. The van der Waals surface area contributed by atoms with E-state index in [4.69, 9.17) is 11.6 Å². The van der Waals surface area contributed by atoms with Crippen molar-refractivity contribution in [3.8, 4) is 11.3 Å². The fraction of sp³-hybridized carbons (Fsp3) is 0.348. The number of benzene rings is 1. The third-order valence-electron chi connectivity index (χ3n) is 5.74. The minimum atomic E-state index is -0.524. The van der Waals surface area contributed by atoms with E-state index in [0.29, 0.717) is 5.02 Å². The van der Waals surface area contributed by atoms with Gasteiger partial charge in [-0.1, -0.05) is 35.9 Å². The molecule has 0 saturated heterocycles. The van der Waals surface area contributed by atoms with Crippen LogP contribution in [-0.2, 0) is 11.8 Å². The number of pyridine rings is 1. The van der Waals surface area contributed by atoms with Crippen LogP contribution < -0.4 is 0 Å². The van der Waals surface area contributed by atoms with Crippen LogP contribution in [0.2, 0.25) is 5.02 Å². The van der Waals surface area contributed by atoms with Crippen LogP contribution in [0.3, 0.4) is 0 Å². The topological polar surface area (TPSA) is 51.0 Å². The lowest BCUT2D eigenvalue weighted by Crippen LogP contribution is -2.37. The van der Waals surface area contributed by atoms with E-state index >= 15 is 0 Å². The zero-order valence-electron chi connectivity index (χ0n) is 17.6. The number of carbonyl (C=O) groups excluding carboxylic acids is 1. The van der Waals surface area contributed by atoms with Gasteiger partial charge in [0.2, 0.25) is 5.91 Å². The lowest BCUT2D eigenvalue weighted by atomic mass is 10.0. The summed E-state index contributed by atoms with van der Waals surface area (Å²) in [5, 5.41) is 2.44. The standard InChI is InChI=1S/C23H24ClFN4OS/c1-14(11-25)29(3)22(30)19-10-18(19)15-4-6-16(7-5-15)21-23(28(2)13-27-21)31-20-9-8-17(24)12-26-20/h4-9,12-14,18-19H,10-11H2,1-3H3/t14?,18-,19+/m1/s1. The highest BCUT2D eigenvalue weighted by molar-refractivity contribution is 7.99. The molecule has 3 atom stereocenters. The first kappa shape index (κ1) is 21.8. The summed E-state index contributed by atoms with van der Waals surface area (Å²) in [6.45, 7) is 1.20. The molecule has 1 aromatic carbocycles. The second kappa shape index (κ2) is 9.01. The molecule has 0 radical (unpaired) electrons. The maximum absolute atomic E-state index is 12.9. The summed E-state index contributed by atoms with van der Waals surface area (Å²) >= 11 is 7.47. The molecule has 0 bridgehead atoms. The highest BCUT2D eigenvalue weighted by atomic mass is 35.5. The first-order valence-electron chi connectivity index (χ1n) is 10.1. The highest BCUT2D eigenvalue weighted by Gasteiger charge is 2.45. The minimum Gasteiger partial charge on any atom is -0.340 e. The van der Waals surface area contributed by atoms with E-state index in [1.807, 2.05) is 35.9 Å². The van der Waals surface area contributed by atoms with Gasteiger partial charge in [0, 0.05) is 31.8 Å². The summed E-state index contributed by atoms with van der Waals surface area (Å²) in [5.74, 6) is 0.173. The zero-order chi connectivity index (χ0) is 22.1. The van der Waals surface area contributed by atoms with E-state index in [1.165, 1.54) is 16.7 Å². The SMILES string of the molecule is CC(CF)N(C)C(=O)[C@H]1C[C@@H]1c1ccc(-c2ncn(C)c2Sc2ccc(Cl)cn2)cc1. The van der Waals surface area contributed by atoms with E-state index in [0.717, 1.165) is 33.3 Å². The Labute approximate surface area is 190 Å². The van der Waals surface area contributed by atoms with Gasteiger partial charge < -0.3 is 9.47 Å². The maximum atomic E-state index is 12.9. The van der Waals surface area contributed by atoms with Crippen LogP contribution in [0.5, 0.6) is 0 Å². The lowest BCUT2D eigenvalue weighted by Gasteiger charge is -2.22. The predicted molar refractivity (Wildman–Crippen MR) is 121 cm³/mol. The molecule has 1 saturated carbocycles. The monoisotopic (exact) mass is 458 g/mol. The average molecular weight is 459 g/mol. The summed E-state index contributed by atoms with van der Waals surface area (Å²) in [4.78, 5) is 23.0. The van der Waals surface area contributed by atoms with Gasteiger partial charge in [0.15, 0.2) is 0 Å². The molecule has 2 aromatic heterocycles. The van der Waals surface area contributed by atoms with Crippen LogP contribution in [0.4, 0.5) is 4.39 Å². The van der Waals surface area contributed by atoms with Crippen molar-refractivity contribution in [2.75, 3.05) is 13.7 Å². The van der Waals surface area contributed by atoms with Crippen molar-refractivity contribution in [3.05, 3.63) is 59.5 Å². The van der Waals surface area contributed by atoms with Crippen LogP contribution in [-0.4, -0.2) is 45.1 Å². The number of imidazole rings is 1. The lowest BCUT2D eigenvalue weighted by molar-refractivity contribution is -0.133. The van der Waals surface area contributed by atoms with Crippen molar-refractivity contribution in [2.45, 2.75) is 35.4 Å². The Bertz CT molecular complexity index is 1070. The summed E-state index contributed by atoms with van der Waals surface area (Å²) in [6.07, 6.45) is 4.24. The van der Waals surface area contributed by atoms with Gasteiger partial charge in [-0.15, -0.1) is 0 Å². The molecule has 0 N–H and O–H groups in total. The number of aromatic nitrogens is 3. The summed E-state index contributed by atoms with van der Waals surface area (Å²) in [5.41, 5.74) is 3.02. The smallest absolute Gasteiger partial charge is 0.226 e. The number of aryl methyl sites for hydroxylation is 1. The Balaban J connectivity index is 1.48. The minimum absolute atomic E-state index is 0.0260. The fourth-order valence-electron chi connectivity index (χ4n) is 3.57. The zero-order valence-corrected chi connectivity index (χ0v) is 19.2. The Hall–Kier alpha value is -2.38. The van der Waals surface area contributed by atoms with Crippen molar-refractivity contribution in [1.82, 2.24) is 19.4 Å². The first-order chi connectivity index (χ1) is 14.9. The van der Waals surface area contributed by atoms with E-state index in [-0.39, 0.29) is 23.8 Å². The molecule has 1 fully saturated rings. The maximum Gasteiger partial charge on any atom is 0.226 e. The van der Waals surface area contributed by atoms with Gasteiger partial charge in [-0.05, 0) is 48.7 Å². The Kier molecular flexibility index (Phi) is 6.34. The van der Waals surface area contributed by atoms with Gasteiger partial charge >= 0.3 is 0 Å². The van der Waals surface area contributed by atoms with Gasteiger partial charge in [-0.2, -0.15) is 0 Å². The summed E-state index contributed by atoms with van der Waals surface area (Å²) < 4.78 is 14.9. The van der Waals surface area contributed by atoms with E-state index < -0.39 is 6.67 Å². The van der Waals surface area contributed by atoms with Crippen molar-refractivity contribution >= 4 is 29.3 Å². The largest absolute Gasteiger partial charge is 0.340 e. The molecule has 162 valence electrons. The van der Waals surface area contributed by atoms with Crippen LogP contribution in [0, 0.1) is 5.92 Å². The first-order valence-corrected chi connectivity index (χ1v) is 11.3. The quantitative estimate of drug-likeness (QED) is 0.488. The number of hydrogen-bond donors (Lipinski definition) is 0. The normalized spacial score (nSPS) is 18.6. The molecule has 1 aliphatic carbocycles. The molecule has 5 nitrogen and oxygen atoms in total. The van der Waals surface area contributed by atoms with Crippen LogP contribution in [0.15, 0.2) is 59.0 Å². The molecule has 1 amide bonds. The third kappa shape index (κ3) is 4.62. The van der Waals surface area contributed by atoms with Gasteiger partial charge in [0.25, 0.3) is 0 Å². The number of hydrogen-bond acceptors (Lipinski definition) is 4.